The van der Waals surface area contributed by atoms with Crippen molar-refractivity contribution in [2.24, 2.45) is 0 Å². The van der Waals surface area contributed by atoms with E-state index < -0.39 is 11.9 Å². The molecule has 1 aromatic carbocycles. The number of benzene rings is 1. The predicted octanol–water partition coefficient (Wildman–Crippen LogP) is 2.64. The molecule has 1 unspecified atom stereocenters. The van der Waals surface area contributed by atoms with Crippen molar-refractivity contribution in [3.63, 3.8) is 0 Å². The maximum atomic E-state index is 11.3. The molecule has 1 atom stereocenters. The smallest absolute Gasteiger partial charge is 0.314 e. The van der Waals surface area contributed by atoms with Crippen LogP contribution in [-0.4, -0.2) is 22.7 Å². The molecule has 0 saturated heterocycles. The summed E-state index contributed by atoms with van der Waals surface area (Å²) in [5.74, 6) is -0.884. The summed E-state index contributed by atoms with van der Waals surface area (Å²) in [6.07, 6.45) is 3.16. The molecule has 0 fully saturated rings. The molecule has 19 heavy (non-hydrogen) atoms. The molecule has 0 radical (unpaired) electrons. The van der Waals surface area contributed by atoms with E-state index in [1.165, 1.54) is 0 Å². The third kappa shape index (κ3) is 3.31. The van der Waals surface area contributed by atoms with Crippen LogP contribution in [0.15, 0.2) is 48.8 Å². The van der Waals surface area contributed by atoms with E-state index in [9.17, 15) is 9.90 Å². The van der Waals surface area contributed by atoms with Gasteiger partial charge in [-0.05, 0) is 36.2 Å². The van der Waals surface area contributed by atoms with Crippen LogP contribution >= 0.6 is 0 Å². The zero-order valence-electron chi connectivity index (χ0n) is 10.6. The molecule has 0 aliphatic heterocycles. The van der Waals surface area contributed by atoms with Gasteiger partial charge in [0.15, 0.2) is 0 Å². The van der Waals surface area contributed by atoms with Gasteiger partial charge in [-0.15, -0.1) is 0 Å². The second kappa shape index (κ2) is 6.00. The molecular weight excluding hydrogens is 242 g/mol. The fourth-order valence-corrected chi connectivity index (χ4v) is 1.80. The number of aliphatic carboxylic acids is 1. The number of hydrogen-bond donors (Lipinski definition) is 1. The average molecular weight is 257 g/mol. The minimum absolute atomic E-state index is 0.101. The first-order valence-corrected chi connectivity index (χ1v) is 5.99. The molecule has 0 amide bonds. The normalized spacial score (nSPS) is 11.8. The van der Waals surface area contributed by atoms with Gasteiger partial charge < -0.3 is 9.84 Å². The summed E-state index contributed by atoms with van der Waals surface area (Å²) < 4.78 is 5.61. The number of aryl methyl sites for hydroxylation is 1. The van der Waals surface area contributed by atoms with Gasteiger partial charge in [0.2, 0.25) is 0 Å². The fourth-order valence-electron chi connectivity index (χ4n) is 1.80. The highest BCUT2D eigenvalue weighted by Gasteiger charge is 2.20. The number of carboxylic acids is 1. The lowest BCUT2D eigenvalue weighted by molar-refractivity contribution is -0.139. The van der Waals surface area contributed by atoms with E-state index in [1.54, 1.807) is 24.5 Å². The minimum atomic E-state index is -0.903. The molecule has 4 heteroatoms. The third-order valence-corrected chi connectivity index (χ3v) is 2.91. The Morgan fingerprint density at radius 3 is 2.58 bits per heavy atom. The predicted molar refractivity (Wildman–Crippen MR) is 71.3 cm³/mol. The van der Waals surface area contributed by atoms with E-state index in [4.69, 9.17) is 4.74 Å². The summed E-state index contributed by atoms with van der Waals surface area (Å²) in [6, 6.07) is 10.9. The van der Waals surface area contributed by atoms with Crippen LogP contribution in [0.2, 0.25) is 0 Å². The minimum Gasteiger partial charge on any atom is -0.492 e. The van der Waals surface area contributed by atoms with E-state index >= 15 is 0 Å². The van der Waals surface area contributed by atoms with Crippen LogP contribution in [0.3, 0.4) is 0 Å². The Balaban J connectivity index is 2.11. The number of carboxylic acid groups (broad SMARTS) is 1. The first-order valence-electron chi connectivity index (χ1n) is 5.99. The van der Waals surface area contributed by atoms with Crippen LogP contribution in [-0.2, 0) is 4.79 Å². The van der Waals surface area contributed by atoms with Gasteiger partial charge in [0.05, 0.1) is 0 Å². The first-order chi connectivity index (χ1) is 9.18. The topological polar surface area (TPSA) is 59.4 Å². The van der Waals surface area contributed by atoms with Crippen molar-refractivity contribution in [2.45, 2.75) is 12.8 Å². The Kier molecular flexibility index (Phi) is 4.13. The number of pyridine rings is 1. The average Bonchev–Trinajstić information content (AvgIpc) is 2.42. The number of nitrogens with zero attached hydrogens (tertiary/aromatic N) is 1. The number of ether oxygens (including phenoxy) is 1. The number of aromatic nitrogens is 1. The number of para-hydroxylation sites is 1. The Morgan fingerprint density at radius 2 is 1.95 bits per heavy atom. The maximum Gasteiger partial charge on any atom is 0.314 e. The lowest BCUT2D eigenvalue weighted by Crippen LogP contribution is -2.19. The SMILES string of the molecule is Cc1ccccc1OCC(C(=O)O)c1ccncc1. The fraction of sp³-hybridized carbons (Fsp3) is 0.200. The van der Waals surface area contributed by atoms with E-state index in [-0.39, 0.29) is 6.61 Å². The Labute approximate surface area is 111 Å². The van der Waals surface area contributed by atoms with Crippen molar-refractivity contribution in [3.8, 4) is 5.75 Å². The van der Waals surface area contributed by atoms with Crippen LogP contribution < -0.4 is 4.74 Å². The van der Waals surface area contributed by atoms with Gasteiger partial charge in [0.1, 0.15) is 18.3 Å². The quantitative estimate of drug-likeness (QED) is 0.894. The summed E-state index contributed by atoms with van der Waals surface area (Å²) in [4.78, 5) is 15.2. The molecule has 1 heterocycles. The Hall–Kier alpha value is -2.36. The summed E-state index contributed by atoms with van der Waals surface area (Å²) in [5.41, 5.74) is 1.68. The van der Waals surface area contributed by atoms with Crippen molar-refractivity contribution in [2.75, 3.05) is 6.61 Å². The first kappa shape index (κ1) is 13.1. The lowest BCUT2D eigenvalue weighted by atomic mass is 10.0. The van der Waals surface area contributed by atoms with Gasteiger partial charge >= 0.3 is 5.97 Å². The molecule has 0 spiro atoms. The van der Waals surface area contributed by atoms with Crippen molar-refractivity contribution >= 4 is 5.97 Å². The van der Waals surface area contributed by atoms with Gasteiger partial charge in [-0.3, -0.25) is 9.78 Å². The molecule has 1 N–H and O–H groups in total. The highest BCUT2D eigenvalue weighted by molar-refractivity contribution is 5.76. The Morgan fingerprint density at radius 1 is 1.26 bits per heavy atom. The number of hydrogen-bond acceptors (Lipinski definition) is 3. The van der Waals surface area contributed by atoms with Crippen LogP contribution in [0.5, 0.6) is 5.75 Å². The van der Waals surface area contributed by atoms with E-state index in [0.29, 0.717) is 11.3 Å². The monoisotopic (exact) mass is 257 g/mol. The zero-order chi connectivity index (χ0) is 13.7. The van der Waals surface area contributed by atoms with Crippen LogP contribution in [0.4, 0.5) is 0 Å². The summed E-state index contributed by atoms with van der Waals surface area (Å²) in [7, 11) is 0. The molecule has 98 valence electrons. The second-order valence-corrected chi connectivity index (χ2v) is 4.25. The number of carbonyl (C=O) groups is 1. The largest absolute Gasteiger partial charge is 0.492 e. The highest BCUT2D eigenvalue weighted by atomic mass is 16.5. The summed E-state index contributed by atoms with van der Waals surface area (Å²) in [6.45, 7) is 2.03. The molecule has 2 aromatic rings. The van der Waals surface area contributed by atoms with E-state index in [2.05, 4.69) is 4.98 Å². The maximum absolute atomic E-state index is 11.3. The van der Waals surface area contributed by atoms with Crippen LogP contribution in [0, 0.1) is 6.92 Å². The summed E-state index contributed by atoms with van der Waals surface area (Å²) >= 11 is 0. The van der Waals surface area contributed by atoms with Gasteiger partial charge in [0, 0.05) is 12.4 Å². The number of rotatable bonds is 5. The lowest BCUT2D eigenvalue weighted by Gasteiger charge is -2.15. The van der Waals surface area contributed by atoms with Gasteiger partial charge in [-0.25, -0.2) is 0 Å². The van der Waals surface area contributed by atoms with Crippen molar-refractivity contribution < 1.29 is 14.6 Å². The van der Waals surface area contributed by atoms with Gasteiger partial charge in [-0.2, -0.15) is 0 Å². The molecular formula is C15H15NO3. The summed E-state index contributed by atoms with van der Waals surface area (Å²) in [5, 5.41) is 9.27. The van der Waals surface area contributed by atoms with Crippen molar-refractivity contribution in [1.29, 1.82) is 0 Å². The highest BCUT2D eigenvalue weighted by Crippen LogP contribution is 2.21. The van der Waals surface area contributed by atoms with Crippen LogP contribution in [0.25, 0.3) is 0 Å². The molecule has 0 aliphatic rings. The zero-order valence-corrected chi connectivity index (χ0v) is 10.6. The van der Waals surface area contributed by atoms with E-state index in [1.807, 2.05) is 31.2 Å². The van der Waals surface area contributed by atoms with Gasteiger partial charge in [0.25, 0.3) is 0 Å². The third-order valence-electron chi connectivity index (χ3n) is 2.91. The second-order valence-electron chi connectivity index (χ2n) is 4.25. The van der Waals surface area contributed by atoms with Crippen molar-refractivity contribution in [1.82, 2.24) is 4.98 Å². The van der Waals surface area contributed by atoms with Crippen LogP contribution in [0.1, 0.15) is 17.0 Å². The standard InChI is InChI=1S/C15H15NO3/c1-11-4-2-3-5-14(11)19-10-13(15(17)18)12-6-8-16-9-7-12/h2-9,13H,10H2,1H3,(H,17,18). The molecule has 0 aliphatic carbocycles. The van der Waals surface area contributed by atoms with Crippen molar-refractivity contribution in [3.05, 3.63) is 59.9 Å². The molecule has 0 bridgehead atoms. The molecule has 2 rings (SSSR count). The molecule has 4 nitrogen and oxygen atoms in total. The van der Waals surface area contributed by atoms with Gasteiger partial charge in [-0.1, -0.05) is 18.2 Å². The Bertz CT molecular complexity index is 554. The molecule has 1 aromatic heterocycles. The molecule has 0 saturated carbocycles. The van der Waals surface area contributed by atoms with E-state index in [0.717, 1.165) is 5.56 Å².